The van der Waals surface area contributed by atoms with Gasteiger partial charge in [-0.05, 0) is 36.4 Å². The van der Waals surface area contributed by atoms with Crippen molar-refractivity contribution >= 4 is 28.1 Å². The van der Waals surface area contributed by atoms with Gasteiger partial charge in [0.1, 0.15) is 10.5 Å². The topological polar surface area (TPSA) is 35.2 Å². The van der Waals surface area contributed by atoms with Crippen LogP contribution in [-0.2, 0) is 12.8 Å². The van der Waals surface area contributed by atoms with Crippen LogP contribution >= 0.6 is 28.1 Å². The van der Waals surface area contributed by atoms with E-state index in [-0.39, 0.29) is 0 Å². The molecule has 0 bridgehead atoms. The number of nitrogens with one attached hydrogen (secondary N) is 1. The van der Waals surface area contributed by atoms with Crippen molar-refractivity contribution in [2.24, 2.45) is 0 Å². The molecular formula is C14H23BrN4S. The third kappa shape index (κ3) is 3.87. The van der Waals surface area contributed by atoms with E-state index in [1.807, 2.05) is 0 Å². The lowest BCUT2D eigenvalue weighted by atomic mass is 10.1. The minimum Gasteiger partial charge on any atom is -0.346 e. The molecule has 2 heterocycles. The second-order valence-electron chi connectivity index (χ2n) is 5.63. The largest absolute Gasteiger partial charge is 0.346 e. The fraction of sp³-hybridized carbons (Fsp3) is 0.714. The van der Waals surface area contributed by atoms with Gasteiger partial charge in [-0.15, -0.1) is 0 Å². The van der Waals surface area contributed by atoms with E-state index in [9.17, 15) is 0 Å². The van der Waals surface area contributed by atoms with Gasteiger partial charge < -0.3 is 14.8 Å². The van der Waals surface area contributed by atoms with Crippen molar-refractivity contribution in [3.8, 4) is 0 Å². The normalized spacial score (nSPS) is 21.3. The molecule has 1 unspecified atom stereocenters. The molecule has 0 aliphatic carbocycles. The first-order chi connectivity index (χ1) is 9.51. The van der Waals surface area contributed by atoms with Gasteiger partial charge >= 0.3 is 0 Å². The summed E-state index contributed by atoms with van der Waals surface area (Å²) < 4.78 is 1.63. The monoisotopic (exact) mass is 358 g/mol. The SMILES string of the molecule is CCCc1[nH]c(CC2CN(C)CCN2C)nc(=S)c1Br. The molecule has 1 atom stereocenters. The molecule has 1 N–H and O–H groups in total. The number of hydrogen-bond donors (Lipinski definition) is 1. The molecule has 0 aromatic carbocycles. The molecule has 0 amide bonds. The van der Waals surface area contributed by atoms with Gasteiger partial charge in [0.25, 0.3) is 0 Å². The van der Waals surface area contributed by atoms with Crippen LogP contribution in [0.25, 0.3) is 0 Å². The van der Waals surface area contributed by atoms with Gasteiger partial charge in [0, 0.05) is 37.8 Å². The number of halogens is 1. The van der Waals surface area contributed by atoms with E-state index in [4.69, 9.17) is 12.2 Å². The van der Waals surface area contributed by atoms with Crippen LogP contribution in [-0.4, -0.2) is 59.5 Å². The first-order valence-corrected chi connectivity index (χ1v) is 8.37. The van der Waals surface area contributed by atoms with Gasteiger partial charge in [-0.2, -0.15) is 0 Å². The predicted octanol–water partition coefficient (Wildman–Crippen LogP) is 2.64. The van der Waals surface area contributed by atoms with Gasteiger partial charge in [0.15, 0.2) is 0 Å². The maximum atomic E-state index is 5.36. The van der Waals surface area contributed by atoms with Gasteiger partial charge in [0.05, 0.1) is 4.47 Å². The van der Waals surface area contributed by atoms with Crippen LogP contribution in [0.2, 0.25) is 0 Å². The number of aryl methyl sites for hydroxylation is 1. The standard InChI is InChI=1S/C14H23BrN4S/c1-4-5-11-13(15)14(20)17-12(16-11)8-10-9-18(2)6-7-19(10)3/h10H,4-9H2,1-3H3,(H,16,17,20). The quantitative estimate of drug-likeness (QED) is 0.839. The summed E-state index contributed by atoms with van der Waals surface area (Å²) in [6.07, 6.45) is 3.02. The molecule has 1 aliphatic heterocycles. The fourth-order valence-corrected chi connectivity index (χ4v) is 3.24. The summed E-state index contributed by atoms with van der Waals surface area (Å²) in [5, 5.41) is 0. The van der Waals surface area contributed by atoms with E-state index >= 15 is 0 Å². The molecule has 1 aliphatic rings. The number of piperazine rings is 1. The van der Waals surface area contributed by atoms with E-state index in [1.54, 1.807) is 0 Å². The molecular weight excluding hydrogens is 336 g/mol. The third-order valence-corrected chi connectivity index (χ3v) is 5.31. The molecule has 112 valence electrons. The molecule has 1 fully saturated rings. The Bertz CT molecular complexity index is 516. The molecule has 2 rings (SSSR count). The summed E-state index contributed by atoms with van der Waals surface area (Å²) in [5.74, 6) is 1.01. The van der Waals surface area contributed by atoms with Crippen LogP contribution in [0.4, 0.5) is 0 Å². The Kier molecular flexibility index (Phi) is 5.72. The van der Waals surface area contributed by atoms with Gasteiger partial charge in [-0.1, -0.05) is 25.6 Å². The highest BCUT2D eigenvalue weighted by atomic mass is 79.9. The molecule has 6 heteroatoms. The first kappa shape index (κ1) is 16.1. The Morgan fingerprint density at radius 2 is 2.15 bits per heavy atom. The number of aromatic nitrogens is 2. The van der Waals surface area contributed by atoms with Crippen LogP contribution in [0.1, 0.15) is 24.9 Å². The zero-order chi connectivity index (χ0) is 14.7. The Labute approximate surface area is 134 Å². The Morgan fingerprint density at radius 3 is 2.85 bits per heavy atom. The number of likely N-dealkylation sites (N-methyl/N-ethyl adjacent to an activating group) is 2. The zero-order valence-corrected chi connectivity index (χ0v) is 14.9. The van der Waals surface area contributed by atoms with Gasteiger partial charge in [-0.25, -0.2) is 4.98 Å². The summed E-state index contributed by atoms with van der Waals surface area (Å²) in [4.78, 5) is 12.8. The number of nitrogens with zero attached hydrogens (tertiary/aromatic N) is 3. The van der Waals surface area contributed by atoms with Crippen molar-refractivity contribution in [1.29, 1.82) is 0 Å². The molecule has 4 nitrogen and oxygen atoms in total. The van der Waals surface area contributed by atoms with Crippen LogP contribution < -0.4 is 0 Å². The highest BCUT2D eigenvalue weighted by Gasteiger charge is 2.23. The van der Waals surface area contributed by atoms with E-state index in [2.05, 4.69) is 56.7 Å². The Hall–Kier alpha value is -0.300. The maximum absolute atomic E-state index is 5.36. The van der Waals surface area contributed by atoms with E-state index < -0.39 is 0 Å². The summed E-state index contributed by atoms with van der Waals surface area (Å²) in [6, 6.07) is 0.502. The van der Waals surface area contributed by atoms with Crippen molar-refractivity contribution < 1.29 is 0 Å². The molecule has 20 heavy (non-hydrogen) atoms. The van der Waals surface area contributed by atoms with E-state index in [0.29, 0.717) is 10.7 Å². The smallest absolute Gasteiger partial charge is 0.144 e. The number of hydrogen-bond acceptors (Lipinski definition) is 4. The van der Waals surface area contributed by atoms with Crippen LogP contribution in [0.15, 0.2) is 4.47 Å². The second kappa shape index (κ2) is 7.11. The van der Waals surface area contributed by atoms with Crippen molar-refractivity contribution in [3.63, 3.8) is 0 Å². The second-order valence-corrected chi connectivity index (χ2v) is 6.81. The summed E-state index contributed by atoms with van der Waals surface area (Å²) in [5.41, 5.74) is 1.18. The number of rotatable bonds is 4. The van der Waals surface area contributed by atoms with Crippen LogP contribution in [0.3, 0.4) is 0 Å². The average molecular weight is 359 g/mol. The van der Waals surface area contributed by atoms with Gasteiger partial charge in [-0.3, -0.25) is 0 Å². The van der Waals surface area contributed by atoms with Crippen molar-refractivity contribution in [3.05, 3.63) is 20.6 Å². The van der Waals surface area contributed by atoms with E-state index in [1.165, 1.54) is 5.69 Å². The Balaban J connectivity index is 2.18. The number of H-pyrrole nitrogens is 1. The lowest BCUT2D eigenvalue weighted by Gasteiger charge is -2.37. The maximum Gasteiger partial charge on any atom is 0.144 e. The summed E-state index contributed by atoms with van der Waals surface area (Å²) >= 11 is 8.91. The summed E-state index contributed by atoms with van der Waals surface area (Å²) in [6.45, 7) is 5.50. The summed E-state index contributed by atoms with van der Waals surface area (Å²) in [7, 11) is 4.37. The molecule has 0 saturated carbocycles. The highest BCUT2D eigenvalue weighted by molar-refractivity contribution is 9.10. The lowest BCUT2D eigenvalue weighted by Crippen LogP contribution is -2.51. The van der Waals surface area contributed by atoms with Crippen molar-refractivity contribution in [2.75, 3.05) is 33.7 Å². The molecule has 1 aromatic rings. The molecule has 0 radical (unpaired) electrons. The minimum absolute atomic E-state index is 0.502. The average Bonchev–Trinajstić information content (AvgIpc) is 2.40. The zero-order valence-electron chi connectivity index (χ0n) is 12.4. The van der Waals surface area contributed by atoms with Crippen LogP contribution in [0.5, 0.6) is 0 Å². The fourth-order valence-electron chi connectivity index (χ4n) is 2.62. The van der Waals surface area contributed by atoms with Crippen molar-refractivity contribution in [2.45, 2.75) is 32.2 Å². The van der Waals surface area contributed by atoms with Crippen LogP contribution in [0, 0.1) is 4.64 Å². The molecule has 1 aromatic heterocycles. The predicted molar refractivity (Wildman–Crippen MR) is 88.7 cm³/mol. The van der Waals surface area contributed by atoms with Gasteiger partial charge in [0.2, 0.25) is 0 Å². The van der Waals surface area contributed by atoms with E-state index in [0.717, 1.165) is 49.2 Å². The first-order valence-electron chi connectivity index (χ1n) is 7.17. The third-order valence-electron chi connectivity index (χ3n) is 3.89. The van der Waals surface area contributed by atoms with Crippen molar-refractivity contribution in [1.82, 2.24) is 19.8 Å². The number of aromatic amines is 1. The molecule has 0 spiro atoms. The minimum atomic E-state index is 0.502. The molecule has 1 saturated heterocycles. The highest BCUT2D eigenvalue weighted by Crippen LogP contribution is 2.19. The Morgan fingerprint density at radius 1 is 1.40 bits per heavy atom. The lowest BCUT2D eigenvalue weighted by molar-refractivity contribution is 0.113.